The van der Waals surface area contributed by atoms with E-state index in [0.717, 1.165) is 16.3 Å². The zero-order valence-corrected chi connectivity index (χ0v) is 11.0. The number of aromatic nitrogens is 2. The lowest BCUT2D eigenvalue weighted by Crippen LogP contribution is -2.42. The molecule has 0 saturated carbocycles. The smallest absolute Gasteiger partial charge is 0.329 e. The molecule has 1 aromatic heterocycles. The Labute approximate surface area is 112 Å². The van der Waals surface area contributed by atoms with Crippen molar-refractivity contribution in [2.45, 2.75) is 29.6 Å². The van der Waals surface area contributed by atoms with Crippen LogP contribution in [-0.4, -0.2) is 44.0 Å². The van der Waals surface area contributed by atoms with Crippen molar-refractivity contribution in [1.82, 2.24) is 9.55 Å². The highest BCUT2D eigenvalue weighted by Crippen LogP contribution is 2.44. The van der Waals surface area contributed by atoms with E-state index in [1.807, 2.05) is 0 Å². The number of rotatable bonds is 3. The lowest BCUT2D eigenvalue weighted by atomic mass is 10.1. The Morgan fingerprint density at radius 3 is 2.84 bits per heavy atom. The van der Waals surface area contributed by atoms with Gasteiger partial charge in [0.1, 0.15) is 0 Å². The standard InChI is InChI=1S/C11H14N2O5S/c1-6-3-13(10(18)12-9(6)17)11(5-15)2-7(16)8(4-14)19-11/h3,5,7-8,14,16H,2,4H2,1H3,(H,12,17,18)/t7-,8+,11-/m0/s1. The van der Waals surface area contributed by atoms with Crippen LogP contribution >= 0.6 is 11.8 Å². The van der Waals surface area contributed by atoms with Gasteiger partial charge in [0, 0.05) is 18.2 Å². The predicted octanol–water partition coefficient (Wildman–Crippen LogP) is -1.44. The summed E-state index contributed by atoms with van der Waals surface area (Å²) in [6.45, 7) is 1.23. The summed E-state index contributed by atoms with van der Waals surface area (Å²) in [5.74, 6) is 0. The van der Waals surface area contributed by atoms with Crippen molar-refractivity contribution < 1.29 is 15.0 Å². The molecule has 7 nitrogen and oxygen atoms in total. The predicted molar refractivity (Wildman–Crippen MR) is 69.2 cm³/mol. The molecule has 19 heavy (non-hydrogen) atoms. The second-order valence-corrected chi connectivity index (χ2v) is 6.06. The van der Waals surface area contributed by atoms with Crippen molar-refractivity contribution in [3.8, 4) is 0 Å². The van der Waals surface area contributed by atoms with Crippen molar-refractivity contribution in [3.63, 3.8) is 0 Å². The first kappa shape index (κ1) is 14.0. The van der Waals surface area contributed by atoms with Gasteiger partial charge in [0.2, 0.25) is 0 Å². The third-order valence-electron chi connectivity index (χ3n) is 3.18. The number of nitrogens with zero attached hydrogens (tertiary/aromatic N) is 1. The van der Waals surface area contributed by atoms with Gasteiger partial charge in [-0.25, -0.2) is 4.79 Å². The van der Waals surface area contributed by atoms with Crippen LogP contribution in [0.25, 0.3) is 0 Å². The Bertz CT molecular complexity index is 610. The molecule has 0 aromatic carbocycles. The summed E-state index contributed by atoms with van der Waals surface area (Å²) in [6, 6.07) is 0. The largest absolute Gasteiger partial charge is 0.395 e. The number of nitrogens with one attached hydrogen (secondary N) is 1. The highest BCUT2D eigenvalue weighted by atomic mass is 32.2. The second-order valence-electron chi connectivity index (χ2n) is 4.51. The SMILES string of the molecule is Cc1cn([C@@]2(C=O)C[C@H](O)[C@@H](CO)S2)c(=O)[nH]c1=O. The molecule has 1 aromatic rings. The van der Waals surface area contributed by atoms with E-state index in [1.165, 1.54) is 13.1 Å². The van der Waals surface area contributed by atoms with Crippen LogP contribution in [0.1, 0.15) is 12.0 Å². The van der Waals surface area contributed by atoms with Gasteiger partial charge in [-0.05, 0) is 6.92 Å². The Morgan fingerprint density at radius 2 is 2.32 bits per heavy atom. The summed E-state index contributed by atoms with van der Waals surface area (Å²) in [6.07, 6.45) is 0.988. The minimum Gasteiger partial charge on any atom is -0.395 e. The molecule has 1 fully saturated rings. The van der Waals surface area contributed by atoms with Gasteiger partial charge in [0.25, 0.3) is 5.56 Å². The van der Waals surface area contributed by atoms with E-state index >= 15 is 0 Å². The molecule has 1 aliphatic heterocycles. The van der Waals surface area contributed by atoms with Crippen LogP contribution in [0.15, 0.2) is 15.8 Å². The summed E-state index contributed by atoms with van der Waals surface area (Å²) < 4.78 is 1.11. The van der Waals surface area contributed by atoms with Crippen molar-refractivity contribution in [2.24, 2.45) is 0 Å². The Kier molecular flexibility index (Phi) is 3.66. The molecule has 0 unspecified atom stereocenters. The van der Waals surface area contributed by atoms with E-state index in [1.54, 1.807) is 0 Å². The number of thioether (sulfide) groups is 1. The third kappa shape index (κ3) is 2.26. The van der Waals surface area contributed by atoms with Crippen molar-refractivity contribution in [3.05, 3.63) is 32.6 Å². The molecule has 1 saturated heterocycles. The molecule has 1 aliphatic rings. The highest BCUT2D eigenvalue weighted by molar-refractivity contribution is 8.01. The van der Waals surface area contributed by atoms with Crippen molar-refractivity contribution >= 4 is 18.0 Å². The number of aldehydes is 1. The first-order valence-electron chi connectivity index (χ1n) is 5.69. The summed E-state index contributed by atoms with van der Waals surface area (Å²) in [4.78, 5) is 35.4. The number of hydrogen-bond acceptors (Lipinski definition) is 6. The van der Waals surface area contributed by atoms with E-state index in [4.69, 9.17) is 5.11 Å². The van der Waals surface area contributed by atoms with Crippen LogP contribution in [-0.2, 0) is 9.67 Å². The third-order valence-corrected chi connectivity index (χ3v) is 4.81. The normalized spacial score (nSPS) is 30.5. The minimum atomic E-state index is -1.29. The zero-order valence-electron chi connectivity index (χ0n) is 10.2. The van der Waals surface area contributed by atoms with Gasteiger partial charge in [-0.1, -0.05) is 0 Å². The Balaban J connectivity index is 2.55. The fraction of sp³-hybridized carbons (Fsp3) is 0.545. The molecule has 2 heterocycles. The van der Waals surface area contributed by atoms with Gasteiger partial charge in [-0.2, -0.15) is 0 Å². The van der Waals surface area contributed by atoms with Crippen LogP contribution < -0.4 is 11.2 Å². The molecule has 8 heteroatoms. The first-order valence-corrected chi connectivity index (χ1v) is 6.57. The van der Waals surface area contributed by atoms with Crippen LogP contribution in [0.3, 0.4) is 0 Å². The molecular weight excluding hydrogens is 272 g/mol. The van der Waals surface area contributed by atoms with Crippen LogP contribution in [0.2, 0.25) is 0 Å². The number of hydrogen-bond donors (Lipinski definition) is 3. The van der Waals surface area contributed by atoms with E-state index in [-0.39, 0.29) is 13.0 Å². The molecule has 0 aliphatic carbocycles. The average molecular weight is 286 g/mol. The minimum absolute atomic E-state index is 0.0117. The number of H-pyrrole nitrogens is 1. The number of aromatic amines is 1. The zero-order chi connectivity index (χ0) is 14.2. The van der Waals surface area contributed by atoms with E-state index < -0.39 is 27.5 Å². The molecule has 3 atom stereocenters. The summed E-state index contributed by atoms with van der Waals surface area (Å²) in [5, 5.41) is 18.4. The number of carbonyl (C=O) groups is 1. The van der Waals surface area contributed by atoms with Gasteiger partial charge in [-0.3, -0.25) is 19.1 Å². The average Bonchev–Trinajstić information content (AvgIpc) is 2.71. The lowest BCUT2D eigenvalue weighted by molar-refractivity contribution is -0.112. The number of carbonyl (C=O) groups excluding carboxylic acids is 1. The lowest BCUT2D eigenvalue weighted by Gasteiger charge is -2.24. The van der Waals surface area contributed by atoms with Gasteiger partial charge < -0.3 is 10.2 Å². The number of aliphatic hydroxyl groups excluding tert-OH is 2. The highest BCUT2D eigenvalue weighted by Gasteiger charge is 2.47. The molecule has 2 rings (SSSR count). The fourth-order valence-electron chi connectivity index (χ4n) is 2.11. The molecular formula is C11H14N2O5S. The van der Waals surface area contributed by atoms with Crippen LogP contribution in [0.4, 0.5) is 0 Å². The fourth-order valence-corrected chi connectivity index (χ4v) is 3.54. The number of aliphatic hydroxyl groups is 2. The summed E-state index contributed by atoms with van der Waals surface area (Å²) in [7, 11) is 0. The van der Waals surface area contributed by atoms with E-state index in [0.29, 0.717) is 11.8 Å². The quantitative estimate of drug-likeness (QED) is 0.586. The van der Waals surface area contributed by atoms with Crippen molar-refractivity contribution in [1.29, 1.82) is 0 Å². The first-order chi connectivity index (χ1) is 8.93. The summed E-state index contributed by atoms with van der Waals surface area (Å²) >= 11 is 1.02. The second kappa shape index (κ2) is 4.95. The molecule has 0 amide bonds. The molecule has 0 radical (unpaired) electrons. The maximum absolute atomic E-state index is 11.8. The molecule has 0 spiro atoms. The molecule has 104 valence electrons. The monoisotopic (exact) mass is 286 g/mol. The van der Waals surface area contributed by atoms with E-state index in [9.17, 15) is 19.5 Å². The topological polar surface area (TPSA) is 112 Å². The Hall–Kier alpha value is -1.38. The van der Waals surface area contributed by atoms with Crippen LogP contribution in [0.5, 0.6) is 0 Å². The van der Waals surface area contributed by atoms with Gasteiger partial charge in [0.05, 0.1) is 18.0 Å². The maximum atomic E-state index is 11.8. The van der Waals surface area contributed by atoms with Gasteiger partial charge in [-0.15, -0.1) is 11.8 Å². The van der Waals surface area contributed by atoms with Crippen molar-refractivity contribution in [2.75, 3.05) is 6.61 Å². The van der Waals surface area contributed by atoms with Gasteiger partial charge in [0.15, 0.2) is 11.2 Å². The Morgan fingerprint density at radius 1 is 1.63 bits per heavy atom. The van der Waals surface area contributed by atoms with E-state index in [2.05, 4.69) is 4.98 Å². The summed E-state index contributed by atoms with van der Waals surface area (Å²) in [5.41, 5.74) is -0.922. The maximum Gasteiger partial charge on any atom is 0.329 e. The van der Waals surface area contributed by atoms with Crippen LogP contribution in [0, 0.1) is 6.92 Å². The van der Waals surface area contributed by atoms with Gasteiger partial charge >= 0.3 is 5.69 Å². The number of aryl methyl sites for hydroxylation is 1. The molecule has 3 N–H and O–H groups in total. The molecule has 0 bridgehead atoms.